The highest BCUT2D eigenvalue weighted by Gasteiger charge is 2.38. The fourth-order valence-corrected chi connectivity index (χ4v) is 6.07. The highest BCUT2D eigenvalue weighted by molar-refractivity contribution is 5.93. The summed E-state index contributed by atoms with van der Waals surface area (Å²) in [6.45, 7) is 8.69. The van der Waals surface area contributed by atoms with E-state index < -0.39 is 18.2 Å². The number of benzene rings is 3. The van der Waals surface area contributed by atoms with Crippen molar-refractivity contribution in [2.24, 2.45) is 5.73 Å². The lowest BCUT2D eigenvalue weighted by atomic mass is 9.92. The first kappa shape index (κ1) is 34.5. The lowest BCUT2D eigenvalue weighted by Gasteiger charge is -2.35. The van der Waals surface area contributed by atoms with Crippen LogP contribution in [0, 0.1) is 13.8 Å². The number of aliphatic carboxylic acids is 1. The van der Waals surface area contributed by atoms with E-state index in [1.807, 2.05) is 19.9 Å². The van der Waals surface area contributed by atoms with Crippen molar-refractivity contribution >= 4 is 23.5 Å². The highest BCUT2D eigenvalue weighted by atomic mass is 19.4. The molecule has 2 heterocycles. The number of carboxylic acids is 1. The molecule has 246 valence electrons. The monoisotopic (exact) mass is 640 g/mol. The topological polar surface area (TPSA) is 136 Å². The number of carbonyl (C=O) groups excluding carboxylic acids is 2. The van der Waals surface area contributed by atoms with Gasteiger partial charge in [-0.25, -0.2) is 4.79 Å². The first-order chi connectivity index (χ1) is 21.6. The third kappa shape index (κ3) is 8.43. The second-order valence-electron chi connectivity index (χ2n) is 11.8. The van der Waals surface area contributed by atoms with E-state index in [4.69, 9.17) is 15.6 Å². The predicted octanol–water partition coefficient (Wildman–Crippen LogP) is 4.68. The van der Waals surface area contributed by atoms with Crippen LogP contribution in [0.15, 0.2) is 54.6 Å². The number of nitrogens with zero attached hydrogens (tertiary/aromatic N) is 2. The van der Waals surface area contributed by atoms with Crippen molar-refractivity contribution in [3.8, 4) is 5.75 Å². The smallest absolute Gasteiger partial charge is 0.490 e. The molecule has 0 bridgehead atoms. The normalized spacial score (nSPS) is 16.8. The standard InChI is InChI=1S/C32H38N4O3.C2HF3O2/c1-20-14-26(38)15-21(2)27(20)17-29(33)32(39)34-30-11-13-36(22(3)37)31-9-8-23(16-28(30)31)18-35-12-10-24-6-4-5-7-25(24)19-35;3-2(4,5)1(6)7/h4-9,14-16,29-30,38H,10-13,17-19,33H2,1-3H3,(H,34,39);(H,6,7)/t29-,30+;/m0./s1. The molecule has 3 aromatic carbocycles. The molecule has 9 nitrogen and oxygen atoms in total. The minimum absolute atomic E-state index is 0.00334. The molecular weight excluding hydrogens is 601 g/mol. The third-order valence-corrected chi connectivity index (χ3v) is 8.40. The SMILES string of the molecule is CC(=O)N1CC[C@@H](NC(=O)[C@@H](N)Cc2c(C)cc(O)cc2C)c2cc(CN3CCc4ccccc4C3)ccc21.O=C(O)C(F)(F)F. The average molecular weight is 641 g/mol. The number of carbonyl (C=O) groups is 3. The number of aryl methyl sites for hydroxylation is 2. The summed E-state index contributed by atoms with van der Waals surface area (Å²) >= 11 is 0. The Morgan fingerprint density at radius 1 is 1.02 bits per heavy atom. The second-order valence-corrected chi connectivity index (χ2v) is 11.8. The van der Waals surface area contributed by atoms with Crippen molar-refractivity contribution in [2.45, 2.75) is 71.4 Å². The van der Waals surface area contributed by atoms with Crippen LogP contribution in [0.25, 0.3) is 0 Å². The van der Waals surface area contributed by atoms with Gasteiger partial charge in [0.25, 0.3) is 0 Å². The van der Waals surface area contributed by atoms with Crippen LogP contribution >= 0.6 is 0 Å². The van der Waals surface area contributed by atoms with Crippen LogP contribution in [0.3, 0.4) is 0 Å². The molecule has 2 amide bonds. The minimum Gasteiger partial charge on any atom is -0.508 e. The zero-order chi connectivity index (χ0) is 33.8. The molecule has 0 radical (unpaired) electrons. The second kappa shape index (κ2) is 14.3. The molecule has 2 aliphatic heterocycles. The number of nitrogens with one attached hydrogen (secondary N) is 1. The Kier molecular flexibility index (Phi) is 10.7. The van der Waals surface area contributed by atoms with Gasteiger partial charge in [0.2, 0.25) is 11.8 Å². The summed E-state index contributed by atoms with van der Waals surface area (Å²) in [5.74, 6) is -2.76. The Morgan fingerprint density at radius 3 is 2.26 bits per heavy atom. The molecule has 3 aromatic rings. The van der Waals surface area contributed by atoms with Crippen LogP contribution < -0.4 is 16.0 Å². The molecule has 12 heteroatoms. The quantitative estimate of drug-likeness (QED) is 0.307. The van der Waals surface area contributed by atoms with Gasteiger partial charge in [-0.05, 0) is 90.3 Å². The summed E-state index contributed by atoms with van der Waals surface area (Å²) in [5.41, 5.74) is 15.0. The maximum absolute atomic E-state index is 13.3. The van der Waals surface area contributed by atoms with E-state index >= 15 is 0 Å². The molecule has 0 fully saturated rings. The fourth-order valence-electron chi connectivity index (χ4n) is 6.07. The van der Waals surface area contributed by atoms with Gasteiger partial charge in [0.05, 0.1) is 12.1 Å². The van der Waals surface area contributed by atoms with Crippen LogP contribution in [-0.4, -0.2) is 58.2 Å². The van der Waals surface area contributed by atoms with Gasteiger partial charge in [-0.15, -0.1) is 0 Å². The van der Waals surface area contributed by atoms with E-state index in [1.165, 1.54) is 11.1 Å². The zero-order valence-corrected chi connectivity index (χ0v) is 26.0. The van der Waals surface area contributed by atoms with E-state index in [1.54, 1.807) is 24.0 Å². The first-order valence-electron chi connectivity index (χ1n) is 15.0. The molecule has 2 aliphatic rings. The molecule has 0 unspecified atom stereocenters. The fraction of sp³-hybridized carbons (Fsp3) is 0.382. The summed E-state index contributed by atoms with van der Waals surface area (Å²) in [4.78, 5) is 38.8. The minimum atomic E-state index is -5.08. The Hall–Kier alpha value is -4.42. The zero-order valence-electron chi connectivity index (χ0n) is 26.0. The van der Waals surface area contributed by atoms with Crippen molar-refractivity contribution in [1.29, 1.82) is 0 Å². The maximum Gasteiger partial charge on any atom is 0.490 e. The van der Waals surface area contributed by atoms with Gasteiger partial charge >= 0.3 is 12.1 Å². The van der Waals surface area contributed by atoms with E-state index in [-0.39, 0.29) is 23.6 Å². The van der Waals surface area contributed by atoms with E-state index in [9.17, 15) is 27.9 Å². The van der Waals surface area contributed by atoms with Gasteiger partial charge in [0, 0.05) is 38.8 Å². The Balaban J connectivity index is 0.000000617. The number of hydrogen-bond donors (Lipinski definition) is 4. The summed E-state index contributed by atoms with van der Waals surface area (Å²) < 4.78 is 31.7. The van der Waals surface area contributed by atoms with Gasteiger partial charge < -0.3 is 26.2 Å². The van der Waals surface area contributed by atoms with E-state index in [0.29, 0.717) is 19.4 Å². The van der Waals surface area contributed by atoms with E-state index in [0.717, 1.165) is 59.6 Å². The van der Waals surface area contributed by atoms with Crippen LogP contribution in [0.4, 0.5) is 18.9 Å². The maximum atomic E-state index is 13.3. The summed E-state index contributed by atoms with van der Waals surface area (Å²) in [5, 5.41) is 20.2. The number of halogens is 3. The van der Waals surface area contributed by atoms with Crippen molar-refractivity contribution in [1.82, 2.24) is 10.2 Å². The lowest BCUT2D eigenvalue weighted by molar-refractivity contribution is -0.192. The highest BCUT2D eigenvalue weighted by Crippen LogP contribution is 2.35. The van der Waals surface area contributed by atoms with Crippen molar-refractivity contribution in [2.75, 3.05) is 18.0 Å². The summed E-state index contributed by atoms with van der Waals surface area (Å²) in [6.07, 6.45) is -3.03. The first-order valence-corrected chi connectivity index (χ1v) is 15.0. The van der Waals surface area contributed by atoms with Gasteiger partial charge in [-0.2, -0.15) is 13.2 Å². The van der Waals surface area contributed by atoms with E-state index in [2.05, 4.69) is 46.6 Å². The molecule has 0 spiro atoms. The number of phenolic OH excluding ortho intramolecular Hbond substituents is 1. The lowest BCUT2D eigenvalue weighted by Crippen LogP contribution is -2.46. The molecule has 0 saturated heterocycles. The number of fused-ring (bicyclic) bond motifs is 2. The number of aromatic hydroxyl groups is 1. The molecule has 5 rings (SSSR count). The van der Waals surface area contributed by atoms with Crippen molar-refractivity contribution in [3.63, 3.8) is 0 Å². The van der Waals surface area contributed by atoms with Gasteiger partial charge in [-0.3, -0.25) is 14.5 Å². The molecule has 0 saturated carbocycles. The number of alkyl halides is 3. The van der Waals surface area contributed by atoms with Crippen molar-refractivity contribution < 1.29 is 37.8 Å². The molecule has 5 N–H and O–H groups in total. The van der Waals surface area contributed by atoms with Crippen LogP contribution in [0.1, 0.15) is 58.3 Å². The Bertz CT molecular complexity index is 1590. The number of amides is 2. The number of phenols is 1. The molecule has 0 aliphatic carbocycles. The third-order valence-electron chi connectivity index (χ3n) is 8.40. The molecule has 46 heavy (non-hydrogen) atoms. The Labute approximate surface area is 265 Å². The molecule has 0 aromatic heterocycles. The number of anilines is 1. The van der Waals surface area contributed by atoms with Gasteiger partial charge in [0.15, 0.2) is 0 Å². The Morgan fingerprint density at radius 2 is 1.65 bits per heavy atom. The van der Waals surface area contributed by atoms with Gasteiger partial charge in [-0.1, -0.05) is 36.4 Å². The van der Waals surface area contributed by atoms with Crippen molar-refractivity contribution in [3.05, 3.63) is 93.5 Å². The summed E-state index contributed by atoms with van der Waals surface area (Å²) in [6, 6.07) is 17.3. The molecular formula is C34H39F3N4O5. The average Bonchev–Trinajstić information content (AvgIpc) is 2.98. The van der Waals surface area contributed by atoms with Crippen LogP contribution in [0.5, 0.6) is 5.75 Å². The number of rotatable bonds is 6. The predicted molar refractivity (Wildman–Crippen MR) is 167 cm³/mol. The van der Waals surface area contributed by atoms with Gasteiger partial charge in [0.1, 0.15) is 5.75 Å². The number of carboxylic acid groups (broad SMARTS) is 1. The summed E-state index contributed by atoms with van der Waals surface area (Å²) in [7, 11) is 0. The van der Waals surface area contributed by atoms with Crippen LogP contribution in [-0.2, 0) is 40.3 Å². The largest absolute Gasteiger partial charge is 0.508 e. The van der Waals surface area contributed by atoms with Crippen LogP contribution in [0.2, 0.25) is 0 Å². The number of hydrogen-bond acceptors (Lipinski definition) is 6. The molecule has 2 atom stereocenters. The number of nitrogens with two attached hydrogens (primary N) is 1.